The second-order valence-electron chi connectivity index (χ2n) is 7.29. The Hall–Kier alpha value is -3.56. The summed E-state index contributed by atoms with van der Waals surface area (Å²) in [5.74, 6) is 0.240. The fraction of sp³-hybridized carbons (Fsp3) is 0.176. The van der Waals surface area contributed by atoms with Crippen molar-refractivity contribution < 1.29 is 16.8 Å². The zero-order valence-corrected chi connectivity index (χ0v) is 18.0. The number of aromatic nitrogens is 6. The van der Waals surface area contributed by atoms with Gasteiger partial charge in [-0.05, 0) is 39.7 Å². The number of nitrogens with two attached hydrogens (primary N) is 2. The Kier molecular flexibility index (Phi) is 4.44. The van der Waals surface area contributed by atoms with Crippen LogP contribution in [0.15, 0.2) is 47.4 Å². The molecule has 2 aromatic heterocycles. The first-order chi connectivity index (χ1) is 15.1. The largest absolute Gasteiger partial charge is 0.382 e. The van der Waals surface area contributed by atoms with Crippen molar-refractivity contribution in [3.05, 3.63) is 42.5 Å². The molecule has 0 amide bonds. The molecule has 13 nitrogen and oxygen atoms in total. The van der Waals surface area contributed by atoms with Gasteiger partial charge in [0, 0.05) is 29.7 Å². The molecule has 0 radical (unpaired) electrons. The Morgan fingerprint density at radius 1 is 1.06 bits per heavy atom. The Bertz CT molecular complexity index is 1550. The number of nitrogen functional groups attached to an aromatic ring is 1. The molecule has 5 N–H and O–H groups in total. The van der Waals surface area contributed by atoms with E-state index in [1.165, 1.54) is 18.2 Å². The lowest BCUT2D eigenvalue weighted by molar-refractivity contribution is 0.517. The lowest BCUT2D eigenvalue weighted by Crippen LogP contribution is -2.56. The number of tetrazole rings is 1. The lowest BCUT2D eigenvalue weighted by Gasteiger charge is -2.39. The molecule has 1 aliphatic rings. The van der Waals surface area contributed by atoms with Gasteiger partial charge in [-0.3, -0.25) is 5.10 Å². The average molecular weight is 476 g/mol. The molecule has 0 aliphatic carbocycles. The minimum atomic E-state index is -4.06. The first kappa shape index (κ1) is 20.3. The summed E-state index contributed by atoms with van der Waals surface area (Å²) >= 11 is 0. The van der Waals surface area contributed by atoms with E-state index in [1.54, 1.807) is 6.07 Å². The van der Waals surface area contributed by atoms with Crippen LogP contribution in [0.1, 0.15) is 0 Å². The minimum Gasteiger partial charge on any atom is -0.382 e. The van der Waals surface area contributed by atoms with E-state index < -0.39 is 25.3 Å². The van der Waals surface area contributed by atoms with E-state index in [2.05, 4.69) is 25.6 Å². The minimum absolute atomic E-state index is 0.0684. The van der Waals surface area contributed by atoms with Crippen LogP contribution < -0.4 is 15.8 Å². The molecule has 0 unspecified atom stereocenters. The van der Waals surface area contributed by atoms with E-state index in [0.29, 0.717) is 10.0 Å². The van der Waals surface area contributed by atoms with Crippen LogP contribution in [-0.4, -0.2) is 65.0 Å². The zero-order chi connectivity index (χ0) is 22.7. The number of sulfonamides is 1. The van der Waals surface area contributed by atoms with E-state index in [4.69, 9.17) is 10.9 Å². The zero-order valence-electron chi connectivity index (χ0n) is 16.3. The van der Waals surface area contributed by atoms with Gasteiger partial charge in [0.05, 0.1) is 10.4 Å². The second-order valence-corrected chi connectivity index (χ2v) is 10.8. The van der Waals surface area contributed by atoms with E-state index in [0.717, 1.165) is 16.6 Å². The summed E-state index contributed by atoms with van der Waals surface area (Å²) in [7, 11) is -8.01. The highest BCUT2D eigenvalue weighted by Crippen LogP contribution is 2.29. The van der Waals surface area contributed by atoms with E-state index in [-0.39, 0.29) is 29.4 Å². The smallest absolute Gasteiger partial charge is 0.277 e. The van der Waals surface area contributed by atoms with Crippen LogP contribution in [-0.2, 0) is 20.0 Å². The molecule has 166 valence electrons. The fourth-order valence-electron chi connectivity index (χ4n) is 3.51. The van der Waals surface area contributed by atoms with Gasteiger partial charge in [-0.25, -0.2) is 22.0 Å². The standard InChI is InChI=1S/C17H17N9O4S2/c18-16-12-6-5-10(7-14(12)20-21-16)25-8-11(9-25)32(29,30)26-23-17(22-24-26)13-3-1-2-4-15(13)31(19,27)28/h1-7,11H,8-9H2,(H3,18,20,21)(H2,19,27,28). The average Bonchev–Trinajstić information content (AvgIpc) is 3.34. The molecule has 2 aromatic carbocycles. The Labute approximate surface area is 182 Å². The highest BCUT2D eigenvalue weighted by Gasteiger charge is 2.40. The van der Waals surface area contributed by atoms with E-state index in [1.807, 2.05) is 23.1 Å². The summed E-state index contributed by atoms with van der Waals surface area (Å²) in [6, 6.07) is 11.3. The molecule has 0 bridgehead atoms. The van der Waals surface area contributed by atoms with Crippen LogP contribution in [0.4, 0.5) is 11.5 Å². The summed E-state index contributed by atoms with van der Waals surface area (Å²) in [6.45, 7) is 0.449. The number of benzene rings is 2. The summed E-state index contributed by atoms with van der Waals surface area (Å²) in [4.78, 5) is 1.66. The highest BCUT2D eigenvalue weighted by molar-refractivity contribution is 7.90. The molecule has 32 heavy (non-hydrogen) atoms. The quantitative estimate of drug-likeness (QED) is 0.339. The number of nitrogens with one attached hydrogen (secondary N) is 1. The predicted octanol–water partition coefficient (Wildman–Crippen LogP) is -0.487. The summed E-state index contributed by atoms with van der Waals surface area (Å²) in [5, 5.41) is 23.3. The van der Waals surface area contributed by atoms with Gasteiger partial charge >= 0.3 is 0 Å². The van der Waals surface area contributed by atoms with Gasteiger partial charge in [-0.2, -0.15) is 5.10 Å². The van der Waals surface area contributed by atoms with Crippen LogP contribution in [0.3, 0.4) is 0 Å². The van der Waals surface area contributed by atoms with Gasteiger partial charge in [0.2, 0.25) is 15.8 Å². The second kappa shape index (κ2) is 6.98. The number of hydrogen-bond acceptors (Lipinski definition) is 10. The number of H-pyrrole nitrogens is 1. The third-order valence-electron chi connectivity index (χ3n) is 5.27. The van der Waals surface area contributed by atoms with Crippen molar-refractivity contribution in [1.29, 1.82) is 0 Å². The van der Waals surface area contributed by atoms with Crippen molar-refractivity contribution in [2.75, 3.05) is 23.7 Å². The van der Waals surface area contributed by atoms with Gasteiger partial charge in [0.1, 0.15) is 5.25 Å². The number of primary sulfonamides is 1. The number of fused-ring (bicyclic) bond motifs is 1. The summed E-state index contributed by atoms with van der Waals surface area (Å²) in [6.07, 6.45) is 0. The van der Waals surface area contributed by atoms with Crippen molar-refractivity contribution in [2.45, 2.75) is 10.1 Å². The molecule has 15 heteroatoms. The monoisotopic (exact) mass is 475 g/mol. The third kappa shape index (κ3) is 3.26. The lowest BCUT2D eigenvalue weighted by atomic mass is 10.1. The maximum Gasteiger partial charge on any atom is 0.277 e. The molecular formula is C17H17N9O4S2. The third-order valence-corrected chi connectivity index (χ3v) is 7.99. The predicted molar refractivity (Wildman–Crippen MR) is 115 cm³/mol. The number of anilines is 2. The maximum atomic E-state index is 12.9. The van der Waals surface area contributed by atoms with Crippen molar-refractivity contribution >= 4 is 42.5 Å². The van der Waals surface area contributed by atoms with Gasteiger partial charge in [0.15, 0.2) is 5.82 Å². The van der Waals surface area contributed by atoms with Gasteiger partial charge < -0.3 is 10.6 Å². The number of nitrogens with zero attached hydrogens (tertiary/aromatic N) is 6. The molecule has 0 atom stereocenters. The van der Waals surface area contributed by atoms with Gasteiger partial charge in [-0.1, -0.05) is 12.1 Å². The molecule has 1 fully saturated rings. The van der Waals surface area contributed by atoms with E-state index in [9.17, 15) is 16.8 Å². The van der Waals surface area contributed by atoms with Crippen molar-refractivity contribution in [2.24, 2.45) is 5.14 Å². The summed E-state index contributed by atoms with van der Waals surface area (Å²) < 4.78 is 50.0. The van der Waals surface area contributed by atoms with Crippen molar-refractivity contribution in [3.63, 3.8) is 0 Å². The van der Waals surface area contributed by atoms with Crippen LogP contribution in [0, 0.1) is 0 Å². The molecule has 1 saturated heterocycles. The van der Waals surface area contributed by atoms with Crippen molar-refractivity contribution in [3.8, 4) is 11.4 Å². The normalized spacial score (nSPS) is 15.2. The van der Waals surface area contributed by atoms with Crippen LogP contribution in [0.5, 0.6) is 0 Å². The number of rotatable bonds is 5. The van der Waals surface area contributed by atoms with Crippen LogP contribution in [0.25, 0.3) is 22.3 Å². The molecule has 3 heterocycles. The van der Waals surface area contributed by atoms with Crippen LogP contribution >= 0.6 is 0 Å². The Morgan fingerprint density at radius 2 is 1.81 bits per heavy atom. The molecule has 0 saturated carbocycles. The fourth-order valence-corrected chi connectivity index (χ4v) is 5.58. The summed E-state index contributed by atoms with van der Waals surface area (Å²) in [5.41, 5.74) is 7.41. The molecule has 5 rings (SSSR count). The SMILES string of the molecule is Nc1n[nH]c2cc(N3CC(S(=O)(=O)n4nnc(-c5ccccc5S(N)(=O)=O)n4)C3)ccc12. The first-order valence-corrected chi connectivity index (χ1v) is 12.3. The molecular weight excluding hydrogens is 458 g/mol. The maximum absolute atomic E-state index is 12.9. The van der Waals surface area contributed by atoms with Gasteiger partial charge in [0.25, 0.3) is 10.0 Å². The first-order valence-electron chi connectivity index (χ1n) is 9.30. The van der Waals surface area contributed by atoms with E-state index >= 15 is 0 Å². The van der Waals surface area contributed by atoms with Crippen LogP contribution in [0.2, 0.25) is 0 Å². The molecule has 0 spiro atoms. The number of hydrogen-bond donors (Lipinski definition) is 3. The molecule has 1 aliphatic heterocycles. The number of aromatic amines is 1. The Balaban J connectivity index is 1.37. The van der Waals surface area contributed by atoms with Gasteiger partial charge in [-0.15, -0.1) is 10.2 Å². The molecule has 4 aromatic rings. The van der Waals surface area contributed by atoms with Crippen molar-refractivity contribution in [1.82, 2.24) is 29.8 Å². The highest BCUT2D eigenvalue weighted by atomic mass is 32.2. The topological polar surface area (TPSA) is 196 Å². The Morgan fingerprint density at radius 3 is 2.56 bits per heavy atom.